The first-order valence-electron chi connectivity index (χ1n) is 18.1. The van der Waals surface area contributed by atoms with Gasteiger partial charge in [0.1, 0.15) is 12.6 Å². The highest BCUT2D eigenvalue weighted by molar-refractivity contribution is 6.31. The van der Waals surface area contributed by atoms with Crippen LogP contribution in [0.15, 0.2) is 109 Å². The van der Waals surface area contributed by atoms with E-state index in [9.17, 15) is 19.2 Å². The summed E-state index contributed by atoms with van der Waals surface area (Å²) in [5.41, 5.74) is 10.8. The van der Waals surface area contributed by atoms with Gasteiger partial charge in [0.25, 0.3) is 5.91 Å². The standard InChI is InChI=1S/C43H47ClN4O5/c1-3-24-48(34(26-40(45)49)25-31-22-20-30(2)21-23-31)43(52)38(17-11-19-41(50)53-29-32-12-5-4-6-13-32)46-42(51)36-28-47(39-18-10-8-15-35(36)39)27-33-14-7-9-16-37(33)44/h4-10,12-16,18,20-23,28,34,38H,3,11,17,19,24-27,29H2,1-2H3,(H2,45,49)(H,46,51)/t34-,38-/m0/s1. The normalized spacial score (nSPS) is 12.2. The summed E-state index contributed by atoms with van der Waals surface area (Å²) in [5.74, 6) is -1.68. The second kappa shape index (κ2) is 18.9. The Morgan fingerprint density at radius 2 is 1.58 bits per heavy atom. The van der Waals surface area contributed by atoms with Crippen LogP contribution >= 0.6 is 11.6 Å². The fraction of sp³-hybridized carbons (Fsp3) is 0.302. The summed E-state index contributed by atoms with van der Waals surface area (Å²) in [5, 5.41) is 4.37. The average Bonchev–Trinajstić information content (AvgIpc) is 3.52. The first kappa shape index (κ1) is 38.8. The van der Waals surface area contributed by atoms with Crippen LogP contribution < -0.4 is 11.1 Å². The van der Waals surface area contributed by atoms with Crippen molar-refractivity contribution in [2.75, 3.05) is 6.54 Å². The maximum atomic E-state index is 14.6. The molecule has 3 amide bonds. The number of primary amides is 1. The van der Waals surface area contributed by atoms with Crippen LogP contribution in [0.4, 0.5) is 0 Å². The van der Waals surface area contributed by atoms with Gasteiger partial charge in [0.15, 0.2) is 0 Å². The maximum Gasteiger partial charge on any atom is 0.306 e. The third-order valence-electron chi connectivity index (χ3n) is 9.27. The van der Waals surface area contributed by atoms with Gasteiger partial charge in [-0.2, -0.15) is 0 Å². The number of nitrogens with zero attached hydrogens (tertiary/aromatic N) is 2. The molecule has 3 N–H and O–H groups in total. The summed E-state index contributed by atoms with van der Waals surface area (Å²) in [6, 6.07) is 31.0. The minimum Gasteiger partial charge on any atom is -0.461 e. The van der Waals surface area contributed by atoms with Crippen LogP contribution in [0, 0.1) is 6.92 Å². The van der Waals surface area contributed by atoms with Crippen LogP contribution in [0.5, 0.6) is 0 Å². The molecule has 5 rings (SSSR count). The number of nitrogens with one attached hydrogen (secondary N) is 1. The molecule has 0 unspecified atom stereocenters. The molecule has 1 heterocycles. The Hall–Kier alpha value is -5.41. The van der Waals surface area contributed by atoms with Gasteiger partial charge < -0.3 is 25.3 Å². The predicted octanol–water partition coefficient (Wildman–Crippen LogP) is 7.39. The number of hydrogen-bond donors (Lipinski definition) is 2. The van der Waals surface area contributed by atoms with Crippen molar-refractivity contribution in [3.8, 4) is 0 Å². The summed E-state index contributed by atoms with van der Waals surface area (Å²) in [6.07, 6.45) is 3.30. The molecule has 0 aliphatic heterocycles. The number of aromatic nitrogens is 1. The number of ether oxygens (including phenoxy) is 1. The zero-order chi connectivity index (χ0) is 37.7. The van der Waals surface area contributed by atoms with Crippen molar-refractivity contribution >= 4 is 46.2 Å². The van der Waals surface area contributed by atoms with Crippen LogP contribution in [0.3, 0.4) is 0 Å². The number of hydrogen-bond acceptors (Lipinski definition) is 5. The van der Waals surface area contributed by atoms with E-state index < -0.39 is 29.9 Å². The summed E-state index contributed by atoms with van der Waals surface area (Å²) < 4.78 is 7.46. The first-order valence-corrected chi connectivity index (χ1v) is 18.5. The molecule has 0 saturated carbocycles. The highest BCUT2D eigenvalue weighted by Crippen LogP contribution is 2.25. The number of rotatable bonds is 18. The fourth-order valence-electron chi connectivity index (χ4n) is 6.56. The molecule has 0 radical (unpaired) electrons. The fourth-order valence-corrected chi connectivity index (χ4v) is 6.75. The topological polar surface area (TPSA) is 124 Å². The summed E-state index contributed by atoms with van der Waals surface area (Å²) in [7, 11) is 0. The molecular weight excluding hydrogens is 688 g/mol. The van der Waals surface area contributed by atoms with E-state index in [0.29, 0.717) is 36.5 Å². The largest absolute Gasteiger partial charge is 0.461 e. The van der Waals surface area contributed by atoms with E-state index in [1.54, 1.807) is 11.1 Å². The number of benzene rings is 4. The van der Waals surface area contributed by atoms with Gasteiger partial charge in [-0.25, -0.2) is 0 Å². The number of aryl methyl sites for hydroxylation is 1. The number of carbonyl (C=O) groups is 4. The zero-order valence-corrected chi connectivity index (χ0v) is 31.1. The van der Waals surface area contributed by atoms with Crippen molar-refractivity contribution in [1.29, 1.82) is 0 Å². The van der Waals surface area contributed by atoms with E-state index in [1.807, 2.05) is 122 Å². The lowest BCUT2D eigenvalue weighted by molar-refractivity contribution is -0.145. The molecule has 10 heteroatoms. The highest BCUT2D eigenvalue weighted by atomic mass is 35.5. The van der Waals surface area contributed by atoms with Gasteiger partial charge in [-0.1, -0.05) is 115 Å². The Balaban J connectivity index is 1.41. The van der Waals surface area contributed by atoms with E-state index in [1.165, 1.54) is 0 Å². The Kier molecular flexibility index (Phi) is 13.8. The number of nitrogens with two attached hydrogens (primary N) is 1. The Morgan fingerprint density at radius 3 is 2.30 bits per heavy atom. The van der Waals surface area contributed by atoms with Crippen molar-refractivity contribution in [3.05, 3.63) is 142 Å². The van der Waals surface area contributed by atoms with Crippen molar-refractivity contribution in [2.24, 2.45) is 5.73 Å². The van der Waals surface area contributed by atoms with E-state index in [4.69, 9.17) is 22.1 Å². The third kappa shape index (κ3) is 10.8. The first-order chi connectivity index (χ1) is 25.6. The van der Waals surface area contributed by atoms with Gasteiger partial charge in [0.2, 0.25) is 11.8 Å². The molecule has 0 bridgehead atoms. The number of halogens is 1. The van der Waals surface area contributed by atoms with Gasteiger partial charge in [-0.3, -0.25) is 19.2 Å². The second-order valence-corrected chi connectivity index (χ2v) is 13.8. The lowest BCUT2D eigenvalue weighted by Gasteiger charge is -2.34. The lowest BCUT2D eigenvalue weighted by Crippen LogP contribution is -2.53. The summed E-state index contributed by atoms with van der Waals surface area (Å²) in [6.45, 7) is 4.90. The van der Waals surface area contributed by atoms with Crippen LogP contribution in [-0.4, -0.2) is 51.8 Å². The molecule has 0 saturated heterocycles. The average molecular weight is 735 g/mol. The van der Waals surface area contributed by atoms with E-state index in [-0.39, 0.29) is 38.2 Å². The van der Waals surface area contributed by atoms with Crippen molar-refractivity contribution in [1.82, 2.24) is 14.8 Å². The van der Waals surface area contributed by atoms with Gasteiger partial charge in [0, 0.05) is 54.1 Å². The van der Waals surface area contributed by atoms with Crippen molar-refractivity contribution < 1.29 is 23.9 Å². The van der Waals surface area contributed by atoms with Crippen molar-refractivity contribution in [2.45, 2.75) is 77.6 Å². The molecule has 5 aromatic rings. The maximum absolute atomic E-state index is 14.6. The van der Waals surface area contributed by atoms with Crippen LogP contribution in [0.25, 0.3) is 10.9 Å². The molecule has 2 atom stereocenters. The molecule has 0 aliphatic rings. The smallest absolute Gasteiger partial charge is 0.306 e. The Labute approximate surface area is 316 Å². The Bertz CT molecular complexity index is 2010. The van der Waals surface area contributed by atoms with Gasteiger partial charge in [-0.15, -0.1) is 0 Å². The Morgan fingerprint density at radius 1 is 0.887 bits per heavy atom. The van der Waals surface area contributed by atoms with Gasteiger partial charge in [-0.05, 0) is 61.4 Å². The molecule has 53 heavy (non-hydrogen) atoms. The minimum absolute atomic E-state index is 0.0401. The molecule has 4 aromatic carbocycles. The number of amides is 3. The van der Waals surface area contributed by atoms with E-state index in [2.05, 4.69) is 5.32 Å². The molecule has 9 nitrogen and oxygen atoms in total. The van der Waals surface area contributed by atoms with Gasteiger partial charge >= 0.3 is 5.97 Å². The molecular formula is C43H47ClN4O5. The minimum atomic E-state index is -0.991. The summed E-state index contributed by atoms with van der Waals surface area (Å²) >= 11 is 6.49. The number of esters is 1. The number of carbonyl (C=O) groups excluding carboxylic acids is 4. The van der Waals surface area contributed by atoms with Crippen LogP contribution in [0.2, 0.25) is 5.02 Å². The quantitative estimate of drug-likeness (QED) is 0.0910. The predicted molar refractivity (Wildman–Crippen MR) is 208 cm³/mol. The second-order valence-electron chi connectivity index (χ2n) is 13.4. The van der Waals surface area contributed by atoms with E-state index in [0.717, 1.165) is 33.2 Å². The molecule has 0 aliphatic carbocycles. The van der Waals surface area contributed by atoms with Crippen molar-refractivity contribution in [3.63, 3.8) is 0 Å². The lowest BCUT2D eigenvalue weighted by atomic mass is 9.98. The molecule has 0 fully saturated rings. The molecule has 0 spiro atoms. The van der Waals surface area contributed by atoms with E-state index >= 15 is 0 Å². The number of fused-ring (bicyclic) bond motifs is 1. The summed E-state index contributed by atoms with van der Waals surface area (Å²) in [4.78, 5) is 55.6. The van der Waals surface area contributed by atoms with Crippen LogP contribution in [-0.2, 0) is 38.7 Å². The van der Waals surface area contributed by atoms with Crippen LogP contribution in [0.1, 0.15) is 71.6 Å². The number of para-hydroxylation sites is 1. The van der Waals surface area contributed by atoms with Gasteiger partial charge in [0.05, 0.1) is 5.56 Å². The SMILES string of the molecule is CCCN(C(=O)[C@H](CCCC(=O)OCc1ccccc1)NC(=O)c1cn(Cc2ccccc2Cl)c2ccccc12)[C@H](CC(N)=O)Cc1ccc(C)cc1. The monoisotopic (exact) mass is 734 g/mol. The molecule has 276 valence electrons. The highest BCUT2D eigenvalue weighted by Gasteiger charge is 2.32. The third-order valence-corrected chi connectivity index (χ3v) is 9.64. The molecule has 1 aromatic heterocycles. The zero-order valence-electron chi connectivity index (χ0n) is 30.3.